The van der Waals surface area contributed by atoms with E-state index in [2.05, 4.69) is 87.7 Å². The molecular formula is C30H35NO. The molecular weight excluding hydrogens is 390 g/mol. The molecule has 2 aromatic rings. The molecule has 2 heteroatoms. The minimum atomic E-state index is -0.0502. The van der Waals surface area contributed by atoms with Gasteiger partial charge < -0.3 is 5.32 Å². The van der Waals surface area contributed by atoms with Crippen LogP contribution in [0.25, 0.3) is 6.08 Å². The van der Waals surface area contributed by atoms with Gasteiger partial charge in [-0.1, -0.05) is 97.8 Å². The van der Waals surface area contributed by atoms with E-state index in [0.717, 1.165) is 11.1 Å². The van der Waals surface area contributed by atoms with Gasteiger partial charge in [-0.05, 0) is 67.4 Å². The van der Waals surface area contributed by atoms with Crippen LogP contribution in [-0.4, -0.2) is 5.91 Å². The molecule has 1 aliphatic carbocycles. The summed E-state index contributed by atoms with van der Waals surface area (Å²) in [4.78, 5) is 12.2. The van der Waals surface area contributed by atoms with Crippen molar-refractivity contribution < 1.29 is 4.79 Å². The third kappa shape index (κ3) is 6.68. The molecule has 3 rings (SSSR count). The Morgan fingerprint density at radius 3 is 2.44 bits per heavy atom. The first kappa shape index (κ1) is 23.5. The van der Waals surface area contributed by atoms with Crippen LogP contribution < -0.4 is 5.32 Å². The van der Waals surface area contributed by atoms with Gasteiger partial charge in [0.05, 0.1) is 0 Å². The van der Waals surface area contributed by atoms with Crippen molar-refractivity contribution in [2.75, 3.05) is 0 Å². The van der Waals surface area contributed by atoms with E-state index in [1.165, 1.54) is 36.0 Å². The Bertz CT molecular complexity index is 1030. The van der Waals surface area contributed by atoms with E-state index in [1.807, 2.05) is 30.3 Å². The summed E-state index contributed by atoms with van der Waals surface area (Å²) in [7, 11) is 0. The number of carbonyl (C=O) groups is 1. The first-order valence-electron chi connectivity index (χ1n) is 11.5. The number of benzene rings is 2. The maximum Gasteiger partial charge on any atom is 0.251 e. The van der Waals surface area contributed by atoms with E-state index in [1.54, 1.807) is 0 Å². The van der Waals surface area contributed by atoms with Crippen LogP contribution in [0.1, 0.15) is 68.4 Å². The van der Waals surface area contributed by atoms with Crippen molar-refractivity contribution >= 4 is 12.0 Å². The standard InChI is InChI=1S/C30H35NO/c1-23(15-20-28-24(2)11-9-21-30(28,3)4)10-8-12-25-16-18-26(19-17-25)22-31-29(32)27-13-6-5-7-14-27/h5-8,10,12-20H,9,11,21-22H2,1-4H3,(H,31,32). The molecule has 0 saturated heterocycles. The highest BCUT2D eigenvalue weighted by Crippen LogP contribution is 2.40. The molecule has 0 radical (unpaired) electrons. The van der Waals surface area contributed by atoms with Crippen molar-refractivity contribution in [3.05, 3.63) is 112 Å². The number of allylic oxidation sites excluding steroid dienone is 7. The predicted octanol–water partition coefficient (Wildman–Crippen LogP) is 7.66. The van der Waals surface area contributed by atoms with E-state index in [-0.39, 0.29) is 11.3 Å². The molecule has 1 aliphatic rings. The highest BCUT2D eigenvalue weighted by molar-refractivity contribution is 5.94. The van der Waals surface area contributed by atoms with Gasteiger partial charge in [-0.3, -0.25) is 4.79 Å². The molecule has 0 atom stereocenters. The smallest absolute Gasteiger partial charge is 0.251 e. The maximum atomic E-state index is 12.2. The largest absolute Gasteiger partial charge is 0.348 e. The molecule has 0 heterocycles. The fraction of sp³-hybridized carbons (Fsp3) is 0.300. The average Bonchev–Trinajstić information content (AvgIpc) is 2.78. The molecule has 0 fully saturated rings. The third-order valence-electron chi connectivity index (χ3n) is 6.17. The Labute approximate surface area is 193 Å². The first-order valence-corrected chi connectivity index (χ1v) is 11.5. The number of hydrogen-bond acceptors (Lipinski definition) is 1. The molecule has 1 amide bonds. The molecule has 0 aromatic heterocycles. The van der Waals surface area contributed by atoms with Crippen LogP contribution in [0.5, 0.6) is 0 Å². The summed E-state index contributed by atoms with van der Waals surface area (Å²) in [5.41, 5.74) is 7.45. The van der Waals surface area contributed by atoms with E-state index in [0.29, 0.717) is 12.1 Å². The van der Waals surface area contributed by atoms with Gasteiger partial charge in [0.2, 0.25) is 0 Å². The second kappa shape index (κ2) is 10.9. The van der Waals surface area contributed by atoms with Gasteiger partial charge in [0.1, 0.15) is 0 Å². The van der Waals surface area contributed by atoms with Crippen LogP contribution in [0.15, 0.2) is 95.6 Å². The van der Waals surface area contributed by atoms with Gasteiger partial charge in [-0.2, -0.15) is 0 Å². The zero-order chi connectivity index (χ0) is 23.0. The Morgan fingerprint density at radius 2 is 1.75 bits per heavy atom. The number of nitrogens with one attached hydrogen (secondary N) is 1. The number of hydrogen-bond donors (Lipinski definition) is 1. The molecule has 32 heavy (non-hydrogen) atoms. The highest BCUT2D eigenvalue weighted by atomic mass is 16.1. The second-order valence-corrected chi connectivity index (χ2v) is 9.32. The Hall–Kier alpha value is -3.13. The van der Waals surface area contributed by atoms with E-state index >= 15 is 0 Å². The fourth-order valence-corrected chi connectivity index (χ4v) is 4.21. The Balaban J connectivity index is 1.54. The molecule has 2 nitrogen and oxygen atoms in total. The van der Waals surface area contributed by atoms with Gasteiger partial charge in [0, 0.05) is 12.1 Å². The van der Waals surface area contributed by atoms with Crippen LogP contribution in [0, 0.1) is 5.41 Å². The van der Waals surface area contributed by atoms with Crippen molar-refractivity contribution in [2.24, 2.45) is 5.41 Å². The fourth-order valence-electron chi connectivity index (χ4n) is 4.21. The zero-order valence-corrected chi connectivity index (χ0v) is 19.8. The van der Waals surface area contributed by atoms with Crippen molar-refractivity contribution in [3.8, 4) is 0 Å². The van der Waals surface area contributed by atoms with Crippen LogP contribution in [0.2, 0.25) is 0 Å². The van der Waals surface area contributed by atoms with E-state index < -0.39 is 0 Å². The van der Waals surface area contributed by atoms with E-state index in [4.69, 9.17) is 0 Å². The van der Waals surface area contributed by atoms with Gasteiger partial charge in [-0.25, -0.2) is 0 Å². The van der Waals surface area contributed by atoms with Gasteiger partial charge in [-0.15, -0.1) is 0 Å². The molecule has 0 bridgehead atoms. The minimum absolute atomic E-state index is 0.0502. The molecule has 2 aromatic carbocycles. The molecule has 1 N–H and O–H groups in total. The van der Waals surface area contributed by atoms with Crippen molar-refractivity contribution in [3.63, 3.8) is 0 Å². The van der Waals surface area contributed by atoms with Crippen LogP contribution in [0.3, 0.4) is 0 Å². The number of carbonyl (C=O) groups excluding carboxylic acids is 1. The summed E-state index contributed by atoms with van der Waals surface area (Å²) < 4.78 is 0. The van der Waals surface area contributed by atoms with Crippen molar-refractivity contribution in [1.82, 2.24) is 5.32 Å². The van der Waals surface area contributed by atoms with Crippen LogP contribution in [-0.2, 0) is 6.54 Å². The van der Waals surface area contributed by atoms with Gasteiger partial charge >= 0.3 is 0 Å². The third-order valence-corrected chi connectivity index (χ3v) is 6.17. The maximum absolute atomic E-state index is 12.2. The summed E-state index contributed by atoms with van der Waals surface area (Å²) in [6.45, 7) is 9.64. The quantitative estimate of drug-likeness (QED) is 0.453. The molecule has 166 valence electrons. The number of rotatable bonds is 7. The van der Waals surface area contributed by atoms with Gasteiger partial charge in [0.15, 0.2) is 0 Å². The Kier molecular flexibility index (Phi) is 8.05. The highest BCUT2D eigenvalue weighted by Gasteiger charge is 2.26. The SMILES string of the molecule is CC(C=CC1=C(C)CCCC1(C)C)=CC=Cc1ccc(CNC(=O)c2ccccc2)cc1. The van der Waals surface area contributed by atoms with Crippen molar-refractivity contribution in [2.45, 2.75) is 53.5 Å². The normalized spacial score (nSPS) is 16.7. The first-order chi connectivity index (χ1) is 15.3. The second-order valence-electron chi connectivity index (χ2n) is 9.32. The summed E-state index contributed by atoms with van der Waals surface area (Å²) in [5, 5.41) is 2.96. The van der Waals surface area contributed by atoms with Gasteiger partial charge in [0.25, 0.3) is 5.91 Å². The lowest BCUT2D eigenvalue weighted by atomic mass is 9.72. The number of amides is 1. The minimum Gasteiger partial charge on any atom is -0.348 e. The van der Waals surface area contributed by atoms with Crippen LogP contribution >= 0.6 is 0 Å². The summed E-state index contributed by atoms with van der Waals surface area (Å²) in [5.74, 6) is -0.0502. The topological polar surface area (TPSA) is 29.1 Å². The molecule has 0 unspecified atom stereocenters. The van der Waals surface area contributed by atoms with Crippen molar-refractivity contribution in [1.29, 1.82) is 0 Å². The average molecular weight is 426 g/mol. The summed E-state index contributed by atoms with van der Waals surface area (Å²) >= 11 is 0. The monoisotopic (exact) mass is 425 g/mol. The lowest BCUT2D eigenvalue weighted by Crippen LogP contribution is -2.22. The molecule has 0 aliphatic heterocycles. The van der Waals surface area contributed by atoms with E-state index in [9.17, 15) is 4.79 Å². The Morgan fingerprint density at radius 1 is 1.03 bits per heavy atom. The predicted molar refractivity (Wildman–Crippen MR) is 136 cm³/mol. The lowest BCUT2D eigenvalue weighted by Gasteiger charge is -2.32. The molecule has 0 spiro atoms. The lowest BCUT2D eigenvalue weighted by molar-refractivity contribution is 0.0951. The van der Waals surface area contributed by atoms with Crippen LogP contribution in [0.4, 0.5) is 0 Å². The molecule has 0 saturated carbocycles. The summed E-state index contributed by atoms with van der Waals surface area (Å²) in [6.07, 6.45) is 14.7. The summed E-state index contributed by atoms with van der Waals surface area (Å²) in [6, 6.07) is 17.6. The zero-order valence-electron chi connectivity index (χ0n) is 19.8.